The summed E-state index contributed by atoms with van der Waals surface area (Å²) in [6, 6.07) is -13.3. The molecule has 0 unspecified atom stereocenters. The Morgan fingerprint density at radius 1 is 0.521 bits per heavy atom. The third-order valence-corrected chi connectivity index (χ3v) is 17.9. The highest BCUT2D eigenvalue weighted by molar-refractivity contribution is 5.99. The number of hydrogen-bond donors (Lipinski definition) is 9. The summed E-state index contributed by atoms with van der Waals surface area (Å²) < 4.78 is 6.12. The van der Waals surface area contributed by atoms with Crippen molar-refractivity contribution in [2.45, 2.75) is 221 Å². The second kappa shape index (κ2) is 41.0. The van der Waals surface area contributed by atoms with Crippen LogP contribution in [0.4, 0.5) is 0 Å². The number of amides is 11. The van der Waals surface area contributed by atoms with Crippen molar-refractivity contribution in [3.63, 3.8) is 0 Å². The molecule has 0 bridgehead atoms. The third kappa shape index (κ3) is 24.7. The molecule has 0 spiro atoms. The first kappa shape index (κ1) is 87.4. The minimum Gasteiger partial charge on any atom is -0.394 e. The van der Waals surface area contributed by atoms with Crippen LogP contribution >= 0.6 is 0 Å². The van der Waals surface area contributed by atoms with E-state index in [4.69, 9.17) is 4.74 Å². The zero-order valence-corrected chi connectivity index (χ0v) is 61.8. The average Bonchev–Trinajstić information content (AvgIpc) is 0.807. The average molecular weight is 1360 g/mol. The lowest BCUT2D eigenvalue weighted by Crippen LogP contribution is -2.63. The number of ether oxygens (including phenoxy) is 1. The van der Waals surface area contributed by atoms with Crippen LogP contribution in [0.15, 0.2) is 24.3 Å². The highest BCUT2D eigenvalue weighted by Gasteiger charge is 2.46. The van der Waals surface area contributed by atoms with E-state index in [1.54, 1.807) is 72.8 Å². The van der Waals surface area contributed by atoms with Gasteiger partial charge >= 0.3 is 0 Å². The summed E-state index contributed by atoms with van der Waals surface area (Å²) in [5.41, 5.74) is -1.38. The monoisotopic (exact) mass is 1360 g/mol. The molecule has 0 aromatic heterocycles. The first-order valence-corrected chi connectivity index (χ1v) is 33.8. The lowest BCUT2D eigenvalue weighted by atomic mass is 9.91. The van der Waals surface area contributed by atoms with Gasteiger partial charge < -0.3 is 86.0 Å². The van der Waals surface area contributed by atoms with Gasteiger partial charge in [0.2, 0.25) is 65.0 Å². The van der Waals surface area contributed by atoms with Crippen molar-refractivity contribution in [1.29, 1.82) is 0 Å². The Morgan fingerprint density at radius 3 is 1.47 bits per heavy atom. The second-order valence-electron chi connectivity index (χ2n) is 28.0. The molecule has 13 atom stereocenters. The number of hydrogen-bond acceptors (Lipinski definition) is 17. The minimum absolute atomic E-state index is 0.0450. The molecule has 0 aliphatic carbocycles. The van der Waals surface area contributed by atoms with E-state index < -0.39 is 187 Å². The smallest absolute Gasteiger partial charge is 0.246 e. The van der Waals surface area contributed by atoms with Gasteiger partial charge in [-0.2, -0.15) is 0 Å². The predicted octanol–water partition coefficient (Wildman–Crippen LogP) is 0.489. The van der Waals surface area contributed by atoms with Crippen LogP contribution in [-0.4, -0.2) is 287 Å². The highest BCUT2D eigenvalue weighted by atomic mass is 16.5. The summed E-state index contributed by atoms with van der Waals surface area (Å²) in [4.78, 5) is 170. The fourth-order valence-corrected chi connectivity index (χ4v) is 11.5. The maximum atomic E-state index is 15.2. The zero-order chi connectivity index (χ0) is 74.1. The lowest BCUT2D eigenvalue weighted by Gasteiger charge is -2.41. The van der Waals surface area contributed by atoms with E-state index in [1.165, 1.54) is 89.7 Å². The number of aliphatic hydroxyl groups is 4. The number of carbonyl (C=O) groups is 11. The number of likely N-dealkylation sites (N-methyl/N-ethyl adjacent to an activating group) is 7. The van der Waals surface area contributed by atoms with Crippen LogP contribution in [-0.2, 0) is 57.5 Å². The summed E-state index contributed by atoms with van der Waals surface area (Å²) in [6.45, 7) is 24.8. The van der Waals surface area contributed by atoms with E-state index in [0.717, 1.165) is 14.7 Å². The Morgan fingerprint density at radius 2 is 0.990 bits per heavy atom. The zero-order valence-electron chi connectivity index (χ0n) is 61.8. The van der Waals surface area contributed by atoms with Crippen LogP contribution in [0.3, 0.4) is 0 Å². The van der Waals surface area contributed by atoms with E-state index in [2.05, 4.69) is 26.6 Å². The van der Waals surface area contributed by atoms with Crippen LogP contribution in [0.25, 0.3) is 0 Å². The molecule has 1 heterocycles. The minimum atomic E-state index is -1.67. The van der Waals surface area contributed by atoms with Crippen LogP contribution in [0.1, 0.15) is 143 Å². The summed E-state index contributed by atoms with van der Waals surface area (Å²) in [7, 11) is 9.61. The Bertz CT molecular complexity index is 2630. The maximum absolute atomic E-state index is 15.2. The molecule has 0 aromatic carbocycles. The lowest BCUT2D eigenvalue weighted by molar-refractivity contribution is -0.157. The van der Waals surface area contributed by atoms with Crippen LogP contribution in [0.2, 0.25) is 0 Å². The Kier molecular flexibility index (Phi) is 37.3. The van der Waals surface area contributed by atoms with Gasteiger partial charge in [-0.05, 0) is 95.3 Å². The van der Waals surface area contributed by atoms with E-state index in [9.17, 15) is 58.8 Å². The third-order valence-electron chi connectivity index (χ3n) is 17.9. The number of nitrogens with zero attached hydrogens (tertiary/aromatic N) is 7. The SMILES string of the molecule is C/C=C/C[C@@H](C)[C@@H](O)[C@@H]1C(=O)N[C@@H](CC)C(=O)N(C)CC(=O)N(C)[C@@H]([C@@H](C)OC/C=C/CNC(CO)(CO)CO)C(=O)N[C@@H](C(C)C)C(=O)N(C)[C@@H](CC(C)C)C(=O)N[C@@H](C)C(=O)N[C@H](C)C(=O)N(C)[C@@H](CC(C)C)C(=O)N(C)[C@@H](CC(C)C)C(=O)N(C)[C@@H](C(C)C)C(=O)N1C. The molecule has 28 nitrogen and oxygen atoms in total. The van der Waals surface area contributed by atoms with E-state index in [0.29, 0.717) is 0 Å². The molecule has 9 N–H and O–H groups in total. The summed E-state index contributed by atoms with van der Waals surface area (Å²) in [5, 5.41) is 55.2. The quantitative estimate of drug-likeness (QED) is 0.0629. The van der Waals surface area contributed by atoms with Crippen LogP contribution < -0.4 is 26.6 Å². The van der Waals surface area contributed by atoms with Crippen molar-refractivity contribution >= 4 is 65.0 Å². The van der Waals surface area contributed by atoms with Gasteiger partial charge in [-0.25, -0.2) is 0 Å². The molecule has 1 aliphatic rings. The fraction of sp³-hybridized carbons (Fsp3) is 0.779. The first-order chi connectivity index (χ1) is 44.6. The summed E-state index contributed by atoms with van der Waals surface area (Å²) in [6.07, 6.45) is 4.55. The molecule has 550 valence electrons. The molecule has 11 amide bonds. The second-order valence-corrected chi connectivity index (χ2v) is 28.0. The van der Waals surface area contributed by atoms with Crippen molar-refractivity contribution in [2.75, 3.05) is 88.9 Å². The fourth-order valence-electron chi connectivity index (χ4n) is 11.5. The molecule has 0 saturated carbocycles. The van der Waals surface area contributed by atoms with E-state index in [-0.39, 0.29) is 63.0 Å². The van der Waals surface area contributed by atoms with Gasteiger partial charge in [0.25, 0.3) is 0 Å². The summed E-state index contributed by atoms with van der Waals surface area (Å²) >= 11 is 0. The van der Waals surface area contributed by atoms with E-state index >= 15 is 14.4 Å². The number of aliphatic hydroxyl groups excluding tert-OH is 4. The van der Waals surface area contributed by atoms with Crippen LogP contribution in [0, 0.1) is 35.5 Å². The van der Waals surface area contributed by atoms with Gasteiger partial charge in [0.05, 0.1) is 50.7 Å². The van der Waals surface area contributed by atoms with E-state index in [1.807, 2.05) is 41.5 Å². The molecule has 96 heavy (non-hydrogen) atoms. The molecule has 28 heteroatoms. The molecular formula is C68H122N12O16. The predicted molar refractivity (Wildman–Crippen MR) is 366 cm³/mol. The van der Waals surface area contributed by atoms with Crippen LogP contribution in [0.5, 0.6) is 0 Å². The topological polar surface area (TPSA) is 361 Å². The molecule has 1 saturated heterocycles. The summed E-state index contributed by atoms with van der Waals surface area (Å²) in [5.74, 6) is -10.7. The van der Waals surface area contributed by atoms with Gasteiger partial charge in [0, 0.05) is 55.9 Å². The van der Waals surface area contributed by atoms with Crippen molar-refractivity contribution in [2.24, 2.45) is 35.5 Å². The molecule has 1 aliphatic heterocycles. The molecule has 1 fully saturated rings. The Hall–Kier alpha value is -6.59. The standard InChI is InChI=1S/C68H122N12O16/c1-24-26-29-44(13)57(85)56-61(89)72-48(25-2)63(91)74(17)35-52(84)78(21)55(47(16)96-31-28-27-30-69-68(36-81,37-82)38-83)60(88)73-53(42(9)10)66(94)75(18)49(32-39(3)4)59(87)70-45(14)58(86)71-46(15)62(90)76(19)50(33-40(5)6)64(92)77(20)51(34-41(7)8)65(93)79(22)54(43(11)12)67(95)80(56)23/h24,26-28,39-51,53-57,69,81-83,85H,25,29-38H2,1-23H3,(H,70,87)(H,71,86)(H,72,89)(H,73,88)/b26-24+,28-27+/t44-,45+,46-,47-,48+,49+,50+,51+,53+,54+,55+,56-,57-/m1/s1. The van der Waals surface area contributed by atoms with Gasteiger partial charge in [0.15, 0.2) is 0 Å². The van der Waals surface area contributed by atoms with Gasteiger partial charge in [-0.3, -0.25) is 52.7 Å². The number of rotatable bonds is 23. The maximum Gasteiger partial charge on any atom is 0.246 e. The largest absolute Gasteiger partial charge is 0.394 e. The van der Waals surface area contributed by atoms with Gasteiger partial charge in [0.1, 0.15) is 60.4 Å². The highest BCUT2D eigenvalue weighted by Crippen LogP contribution is 2.26. The Labute approximate surface area is 571 Å². The molecule has 0 radical (unpaired) electrons. The van der Waals surface area contributed by atoms with Gasteiger partial charge in [-0.15, -0.1) is 0 Å². The van der Waals surface area contributed by atoms with Crippen molar-refractivity contribution in [3.8, 4) is 0 Å². The molecular weight excluding hydrogens is 1240 g/mol. The number of allylic oxidation sites excluding steroid dienone is 2. The first-order valence-electron chi connectivity index (χ1n) is 33.8. The van der Waals surface area contributed by atoms with Gasteiger partial charge in [-0.1, -0.05) is 107 Å². The Balaban J connectivity index is 4.40. The van der Waals surface area contributed by atoms with Crippen molar-refractivity contribution in [1.82, 2.24) is 60.9 Å². The molecule has 1 rings (SSSR count). The normalized spacial score (nSPS) is 25.8. The van der Waals surface area contributed by atoms with Crippen molar-refractivity contribution in [3.05, 3.63) is 24.3 Å². The number of nitrogens with one attached hydrogen (secondary N) is 5. The van der Waals surface area contributed by atoms with Crippen molar-refractivity contribution < 1.29 is 77.9 Å². The molecule has 0 aromatic rings. The number of carbonyl (C=O) groups excluding carboxylic acids is 11.